The molecule has 0 aliphatic carbocycles. The van der Waals surface area contributed by atoms with Crippen molar-refractivity contribution in [1.29, 1.82) is 0 Å². The van der Waals surface area contributed by atoms with Gasteiger partial charge in [-0.3, -0.25) is 9.79 Å². The summed E-state index contributed by atoms with van der Waals surface area (Å²) in [5.74, 6) is 0.319. The fourth-order valence-corrected chi connectivity index (χ4v) is 3.73. The van der Waals surface area contributed by atoms with Crippen LogP contribution in [0.2, 0.25) is 0 Å². The standard InChI is InChI=1S/C18H17N5OS/c1-2-3-8-15-22-23-16(19)13(17(24)21-18(23)25-15)9-11-10-20-14-7-5-4-6-12(11)14/h4-7,9-10H,2-3,8,19H2,1H3/b11-9-. The summed E-state index contributed by atoms with van der Waals surface area (Å²) in [6.07, 6.45) is 6.50. The second-order valence-corrected chi connectivity index (χ2v) is 6.93. The van der Waals surface area contributed by atoms with E-state index in [2.05, 4.69) is 22.0 Å². The predicted octanol–water partition coefficient (Wildman–Crippen LogP) is 3.33. The molecule has 0 atom stereocenters. The van der Waals surface area contributed by atoms with Crippen molar-refractivity contribution in [3.8, 4) is 0 Å². The smallest absolute Gasteiger partial charge is 0.283 e. The van der Waals surface area contributed by atoms with Crippen LogP contribution in [-0.2, 0) is 6.42 Å². The number of anilines is 1. The molecule has 126 valence electrons. The molecule has 0 amide bonds. The first-order chi connectivity index (χ1) is 12.2. The lowest BCUT2D eigenvalue weighted by Gasteiger charge is -2.03. The number of aliphatic imine (C=N–C) groups is 1. The van der Waals surface area contributed by atoms with E-state index in [1.165, 1.54) is 11.3 Å². The number of fused-ring (bicyclic) bond motifs is 2. The minimum atomic E-state index is -0.339. The number of aromatic nitrogens is 3. The maximum atomic E-state index is 12.5. The third-order valence-electron chi connectivity index (χ3n) is 4.14. The molecule has 1 aromatic carbocycles. The number of hydrogen-bond donors (Lipinski definition) is 1. The molecule has 0 saturated heterocycles. The Morgan fingerprint density at radius 1 is 1.32 bits per heavy atom. The van der Waals surface area contributed by atoms with Crippen LogP contribution in [0.5, 0.6) is 0 Å². The first-order valence-electron chi connectivity index (χ1n) is 8.20. The molecule has 0 fully saturated rings. The van der Waals surface area contributed by atoms with E-state index in [1.54, 1.807) is 16.8 Å². The number of nitrogen functional groups attached to an aromatic ring is 1. The summed E-state index contributed by atoms with van der Waals surface area (Å²) in [5, 5.41) is 5.46. The molecule has 0 radical (unpaired) electrons. The van der Waals surface area contributed by atoms with Crippen LogP contribution in [0, 0.1) is 0 Å². The third-order valence-corrected chi connectivity index (χ3v) is 5.10. The molecule has 0 saturated carbocycles. The number of nitrogens with zero attached hydrogens (tertiary/aromatic N) is 4. The molecule has 4 rings (SSSR count). The van der Waals surface area contributed by atoms with Crippen LogP contribution in [0.15, 0.2) is 34.1 Å². The lowest BCUT2D eigenvalue weighted by Crippen LogP contribution is -2.16. The normalized spacial score (nSPS) is 14.5. The van der Waals surface area contributed by atoms with Gasteiger partial charge in [0.1, 0.15) is 10.8 Å². The van der Waals surface area contributed by atoms with Crippen LogP contribution in [0.3, 0.4) is 0 Å². The zero-order valence-electron chi connectivity index (χ0n) is 13.8. The Kier molecular flexibility index (Phi) is 3.93. The highest BCUT2D eigenvalue weighted by Crippen LogP contribution is 2.32. The van der Waals surface area contributed by atoms with Crippen molar-refractivity contribution < 1.29 is 0 Å². The number of nitrogens with two attached hydrogens (primary N) is 1. The van der Waals surface area contributed by atoms with E-state index in [4.69, 9.17) is 5.73 Å². The van der Waals surface area contributed by atoms with E-state index in [0.29, 0.717) is 16.3 Å². The fraction of sp³-hybridized carbons (Fsp3) is 0.222. The second-order valence-electron chi connectivity index (χ2n) is 5.88. The van der Waals surface area contributed by atoms with Crippen LogP contribution in [0.1, 0.15) is 35.9 Å². The largest absolute Gasteiger partial charge is 0.383 e. The van der Waals surface area contributed by atoms with Gasteiger partial charge < -0.3 is 5.73 Å². The highest BCUT2D eigenvalue weighted by atomic mass is 32.1. The van der Waals surface area contributed by atoms with Gasteiger partial charge in [0, 0.05) is 23.8 Å². The van der Waals surface area contributed by atoms with Gasteiger partial charge in [0.2, 0.25) is 4.96 Å². The maximum absolute atomic E-state index is 12.5. The summed E-state index contributed by atoms with van der Waals surface area (Å²) in [7, 11) is 0. The minimum Gasteiger partial charge on any atom is -0.383 e. The van der Waals surface area contributed by atoms with Crippen molar-refractivity contribution in [3.63, 3.8) is 0 Å². The van der Waals surface area contributed by atoms with Crippen LogP contribution in [0.4, 0.5) is 11.5 Å². The summed E-state index contributed by atoms with van der Waals surface area (Å²) in [4.78, 5) is 21.5. The average Bonchev–Trinajstić information content (AvgIpc) is 3.21. The van der Waals surface area contributed by atoms with Gasteiger partial charge in [-0.25, -0.2) is 0 Å². The topological polar surface area (TPSA) is 85.6 Å². The third kappa shape index (κ3) is 2.76. The van der Waals surface area contributed by atoms with Gasteiger partial charge in [-0.1, -0.05) is 42.9 Å². The number of rotatable bonds is 4. The molecule has 0 unspecified atom stereocenters. The number of unbranched alkanes of at least 4 members (excludes halogenated alkanes) is 1. The van der Waals surface area contributed by atoms with Crippen LogP contribution >= 0.6 is 11.3 Å². The Bertz CT molecular complexity index is 1080. The molecule has 3 heterocycles. The predicted molar refractivity (Wildman–Crippen MR) is 103 cm³/mol. The van der Waals surface area contributed by atoms with E-state index in [1.807, 2.05) is 24.3 Å². The van der Waals surface area contributed by atoms with Crippen molar-refractivity contribution in [2.24, 2.45) is 4.99 Å². The van der Waals surface area contributed by atoms with E-state index in [0.717, 1.165) is 41.1 Å². The molecule has 6 nitrogen and oxygen atoms in total. The van der Waals surface area contributed by atoms with Gasteiger partial charge in [-0.05, 0) is 18.6 Å². The van der Waals surface area contributed by atoms with E-state index >= 15 is 0 Å². The average molecular weight is 351 g/mol. The number of para-hydroxylation sites is 1. The zero-order valence-corrected chi connectivity index (χ0v) is 14.6. The molecule has 25 heavy (non-hydrogen) atoms. The van der Waals surface area contributed by atoms with Gasteiger partial charge in [-0.15, -0.1) is 0 Å². The molecular formula is C18H17N5OS. The summed E-state index contributed by atoms with van der Waals surface area (Å²) in [6, 6.07) is 7.78. The van der Waals surface area contributed by atoms with Gasteiger partial charge in [0.05, 0.1) is 11.3 Å². The molecule has 2 aromatic heterocycles. The van der Waals surface area contributed by atoms with Crippen molar-refractivity contribution in [2.75, 3.05) is 5.73 Å². The van der Waals surface area contributed by atoms with Crippen LogP contribution in [-0.4, -0.2) is 20.8 Å². The summed E-state index contributed by atoms with van der Waals surface area (Å²) < 4.78 is 1.57. The summed E-state index contributed by atoms with van der Waals surface area (Å²) in [5.41, 5.74) is 8.96. The van der Waals surface area contributed by atoms with E-state index in [-0.39, 0.29) is 5.56 Å². The van der Waals surface area contributed by atoms with Gasteiger partial charge >= 0.3 is 0 Å². The Morgan fingerprint density at radius 3 is 3.00 bits per heavy atom. The van der Waals surface area contributed by atoms with Gasteiger partial charge in [-0.2, -0.15) is 14.6 Å². The Hall–Kier alpha value is -2.80. The number of aryl methyl sites for hydroxylation is 1. The highest BCUT2D eigenvalue weighted by Gasteiger charge is 2.16. The Balaban J connectivity index is 1.82. The number of benzene rings is 1. The van der Waals surface area contributed by atoms with Crippen molar-refractivity contribution in [1.82, 2.24) is 14.6 Å². The highest BCUT2D eigenvalue weighted by molar-refractivity contribution is 7.16. The molecule has 7 heteroatoms. The van der Waals surface area contributed by atoms with Gasteiger partial charge in [0.15, 0.2) is 0 Å². The SMILES string of the molecule is CCCCc1nn2c(N)c(/C=C3/C=Nc4ccccc43)c(=O)nc2s1. The summed E-state index contributed by atoms with van der Waals surface area (Å²) >= 11 is 1.42. The maximum Gasteiger partial charge on any atom is 0.283 e. The number of allylic oxidation sites excluding steroid dienone is 1. The zero-order chi connectivity index (χ0) is 17.4. The van der Waals surface area contributed by atoms with Crippen LogP contribution < -0.4 is 11.3 Å². The monoisotopic (exact) mass is 351 g/mol. The summed E-state index contributed by atoms with van der Waals surface area (Å²) in [6.45, 7) is 2.13. The molecule has 0 spiro atoms. The molecule has 0 bridgehead atoms. The quantitative estimate of drug-likeness (QED) is 0.781. The van der Waals surface area contributed by atoms with Crippen molar-refractivity contribution in [3.05, 3.63) is 50.8 Å². The minimum absolute atomic E-state index is 0.319. The molecule has 3 aromatic rings. The Labute approximate surface area is 148 Å². The fourth-order valence-electron chi connectivity index (χ4n) is 2.80. The lowest BCUT2D eigenvalue weighted by molar-refractivity contribution is 0.769. The lowest BCUT2D eigenvalue weighted by atomic mass is 10.1. The first kappa shape index (κ1) is 15.7. The molecular weight excluding hydrogens is 334 g/mol. The molecule has 1 aliphatic heterocycles. The first-order valence-corrected chi connectivity index (χ1v) is 9.02. The van der Waals surface area contributed by atoms with E-state index < -0.39 is 0 Å². The van der Waals surface area contributed by atoms with E-state index in [9.17, 15) is 4.79 Å². The van der Waals surface area contributed by atoms with Crippen molar-refractivity contribution >= 4 is 45.7 Å². The number of hydrogen-bond acceptors (Lipinski definition) is 6. The van der Waals surface area contributed by atoms with Crippen molar-refractivity contribution in [2.45, 2.75) is 26.2 Å². The molecule has 2 N–H and O–H groups in total. The second kappa shape index (κ2) is 6.25. The van der Waals surface area contributed by atoms with Crippen LogP contribution in [0.25, 0.3) is 16.6 Å². The van der Waals surface area contributed by atoms with Gasteiger partial charge in [0.25, 0.3) is 5.56 Å². The Morgan fingerprint density at radius 2 is 2.16 bits per heavy atom. The molecule has 1 aliphatic rings.